The fourth-order valence-corrected chi connectivity index (χ4v) is 1.07. The molecule has 72 valence electrons. The first kappa shape index (κ1) is 11.6. The molecule has 0 radical (unpaired) electrons. The zero-order chi connectivity index (χ0) is 9.78. The van der Waals surface area contributed by atoms with Gasteiger partial charge in [-0.1, -0.05) is 0 Å². The number of nitrogens with one attached hydrogen (secondary N) is 1. The fraction of sp³-hybridized carbons (Fsp3) is 0.750. The van der Waals surface area contributed by atoms with Crippen molar-refractivity contribution in [2.75, 3.05) is 11.8 Å². The number of hydrogen-bond donors (Lipinski definition) is 3. The second kappa shape index (κ2) is 4.61. The van der Waals surface area contributed by atoms with Gasteiger partial charge in [0, 0.05) is 6.54 Å². The van der Waals surface area contributed by atoms with E-state index in [0.29, 0.717) is 0 Å². The van der Waals surface area contributed by atoms with Gasteiger partial charge in [0.1, 0.15) is 11.3 Å². The second-order valence-corrected chi connectivity index (χ2v) is 4.38. The first-order valence-corrected chi connectivity index (χ1v) is 5.08. The van der Waals surface area contributed by atoms with Gasteiger partial charge in [-0.25, -0.2) is 13.1 Å². The van der Waals surface area contributed by atoms with Crippen LogP contribution in [0.2, 0.25) is 0 Å². The van der Waals surface area contributed by atoms with E-state index in [1.165, 1.54) is 0 Å². The van der Waals surface area contributed by atoms with Crippen LogP contribution in [-0.2, 0) is 14.8 Å². The molecule has 8 heteroatoms. The number of primary amides is 1. The van der Waals surface area contributed by atoms with Gasteiger partial charge in [0.2, 0.25) is 15.9 Å². The Morgan fingerprint density at radius 1 is 1.67 bits per heavy atom. The molecule has 0 aromatic rings. The van der Waals surface area contributed by atoms with E-state index < -0.39 is 33.8 Å². The summed E-state index contributed by atoms with van der Waals surface area (Å²) in [7, 11) is -3.60. The van der Waals surface area contributed by atoms with Gasteiger partial charge in [-0.2, -0.15) is 0 Å². The van der Waals surface area contributed by atoms with Gasteiger partial charge >= 0.3 is 0 Å². The number of aliphatic hydroxyl groups is 1. The molecular formula is C4H9ClN2O4S. The molecule has 0 heterocycles. The predicted octanol–water partition coefficient (Wildman–Crippen LogP) is -2.05. The number of amides is 1. The van der Waals surface area contributed by atoms with E-state index in [-0.39, 0.29) is 0 Å². The molecule has 1 amide bonds. The Morgan fingerprint density at radius 2 is 2.17 bits per heavy atom. The van der Waals surface area contributed by atoms with Crippen molar-refractivity contribution in [1.82, 2.24) is 4.72 Å². The highest BCUT2D eigenvalue weighted by Crippen LogP contribution is 1.88. The molecule has 0 saturated heterocycles. The van der Waals surface area contributed by atoms with E-state index in [1.807, 2.05) is 4.72 Å². The summed E-state index contributed by atoms with van der Waals surface area (Å²) in [5, 5.41) is 8.11. The molecule has 6 nitrogen and oxygen atoms in total. The summed E-state index contributed by atoms with van der Waals surface area (Å²) in [5.41, 5.74) is 4.65. The first-order chi connectivity index (χ1) is 5.39. The van der Waals surface area contributed by atoms with E-state index >= 15 is 0 Å². The lowest BCUT2D eigenvalue weighted by Gasteiger charge is -2.06. The molecule has 12 heavy (non-hydrogen) atoms. The van der Waals surface area contributed by atoms with Gasteiger partial charge < -0.3 is 10.8 Å². The van der Waals surface area contributed by atoms with Crippen LogP contribution in [0.3, 0.4) is 0 Å². The van der Waals surface area contributed by atoms with Crippen LogP contribution in [-0.4, -0.2) is 37.3 Å². The molecule has 0 rings (SSSR count). The first-order valence-electron chi connectivity index (χ1n) is 2.89. The van der Waals surface area contributed by atoms with Crippen LogP contribution in [0.15, 0.2) is 0 Å². The molecule has 0 spiro atoms. The van der Waals surface area contributed by atoms with Crippen LogP contribution >= 0.6 is 11.6 Å². The maximum Gasteiger partial charge on any atom is 0.247 e. The normalized spacial score (nSPS) is 14.2. The Balaban J connectivity index is 3.92. The van der Waals surface area contributed by atoms with Gasteiger partial charge in [-0.15, -0.1) is 11.6 Å². The predicted molar refractivity (Wildman–Crippen MR) is 42.8 cm³/mol. The quantitative estimate of drug-likeness (QED) is 0.460. The van der Waals surface area contributed by atoms with Crippen LogP contribution in [0.4, 0.5) is 0 Å². The molecule has 0 aromatic carbocycles. The highest BCUT2D eigenvalue weighted by molar-refractivity contribution is 7.90. The maximum atomic E-state index is 10.6. The zero-order valence-corrected chi connectivity index (χ0v) is 7.60. The highest BCUT2D eigenvalue weighted by atomic mass is 35.5. The Hall–Kier alpha value is -0.370. The van der Waals surface area contributed by atoms with Crippen molar-refractivity contribution in [1.29, 1.82) is 0 Å². The molecule has 1 unspecified atom stereocenters. The molecule has 0 aliphatic heterocycles. The van der Waals surface area contributed by atoms with E-state index in [0.717, 1.165) is 0 Å². The average molecular weight is 217 g/mol. The molecule has 0 aliphatic carbocycles. The molecule has 0 aliphatic rings. The number of hydrogen-bond acceptors (Lipinski definition) is 4. The largest absolute Gasteiger partial charge is 0.382 e. The average Bonchev–Trinajstić information content (AvgIpc) is 2.00. The van der Waals surface area contributed by atoms with E-state index in [9.17, 15) is 13.2 Å². The smallest absolute Gasteiger partial charge is 0.247 e. The number of carbonyl (C=O) groups is 1. The Kier molecular flexibility index (Phi) is 4.46. The molecule has 0 bridgehead atoms. The van der Waals surface area contributed by atoms with Crippen LogP contribution in [0.5, 0.6) is 0 Å². The zero-order valence-electron chi connectivity index (χ0n) is 6.03. The van der Waals surface area contributed by atoms with Crippen LogP contribution in [0.25, 0.3) is 0 Å². The van der Waals surface area contributed by atoms with Crippen molar-refractivity contribution in [2.24, 2.45) is 5.73 Å². The minimum absolute atomic E-state index is 0.454. The fourth-order valence-electron chi connectivity index (χ4n) is 0.345. The summed E-state index contributed by atoms with van der Waals surface area (Å²) in [6.45, 7) is -0.454. The SMILES string of the molecule is NC(=O)C(O)CNS(=O)(=O)CCl. The molecule has 0 aromatic heterocycles. The lowest BCUT2D eigenvalue weighted by atomic mass is 10.3. The van der Waals surface area contributed by atoms with Gasteiger partial charge in [-0.3, -0.25) is 4.79 Å². The van der Waals surface area contributed by atoms with E-state index in [1.54, 1.807) is 0 Å². The Bertz CT molecular complexity index is 252. The third-order valence-electron chi connectivity index (χ3n) is 0.969. The van der Waals surface area contributed by atoms with E-state index in [4.69, 9.17) is 16.7 Å². The maximum absolute atomic E-state index is 10.6. The number of carbonyl (C=O) groups excluding carboxylic acids is 1. The van der Waals surface area contributed by atoms with Crippen LogP contribution in [0, 0.1) is 0 Å². The summed E-state index contributed by atoms with van der Waals surface area (Å²) in [4.78, 5) is 10.2. The number of halogens is 1. The van der Waals surface area contributed by atoms with Crippen molar-refractivity contribution in [3.8, 4) is 0 Å². The summed E-state index contributed by atoms with van der Waals surface area (Å²) in [6, 6.07) is 0. The third-order valence-corrected chi connectivity index (χ3v) is 2.72. The number of aliphatic hydroxyl groups excluding tert-OH is 1. The summed E-state index contributed by atoms with van der Waals surface area (Å²) in [6.07, 6.45) is -1.53. The monoisotopic (exact) mass is 216 g/mol. The summed E-state index contributed by atoms with van der Waals surface area (Å²) < 4.78 is 23.1. The Labute approximate surface area is 74.7 Å². The number of nitrogens with two attached hydrogens (primary N) is 1. The van der Waals surface area contributed by atoms with E-state index in [2.05, 4.69) is 5.73 Å². The topological polar surface area (TPSA) is 109 Å². The molecular weight excluding hydrogens is 208 g/mol. The number of sulfonamides is 1. The lowest BCUT2D eigenvalue weighted by molar-refractivity contribution is -0.125. The minimum Gasteiger partial charge on any atom is -0.382 e. The molecule has 0 fully saturated rings. The molecule has 1 atom stereocenters. The van der Waals surface area contributed by atoms with Crippen LogP contribution < -0.4 is 10.5 Å². The van der Waals surface area contributed by atoms with Crippen LogP contribution in [0.1, 0.15) is 0 Å². The minimum atomic E-state index is -3.60. The van der Waals surface area contributed by atoms with Gasteiger partial charge in [0.05, 0.1) is 0 Å². The van der Waals surface area contributed by atoms with Gasteiger partial charge in [0.15, 0.2) is 0 Å². The van der Waals surface area contributed by atoms with Crippen molar-refractivity contribution >= 4 is 27.5 Å². The van der Waals surface area contributed by atoms with Gasteiger partial charge in [0.25, 0.3) is 0 Å². The lowest BCUT2D eigenvalue weighted by Crippen LogP contribution is -2.40. The number of alkyl halides is 1. The van der Waals surface area contributed by atoms with Crippen molar-refractivity contribution in [3.05, 3.63) is 0 Å². The Morgan fingerprint density at radius 3 is 2.50 bits per heavy atom. The van der Waals surface area contributed by atoms with Crippen molar-refractivity contribution < 1.29 is 18.3 Å². The van der Waals surface area contributed by atoms with Crippen molar-refractivity contribution in [2.45, 2.75) is 6.10 Å². The van der Waals surface area contributed by atoms with Crippen molar-refractivity contribution in [3.63, 3.8) is 0 Å². The van der Waals surface area contributed by atoms with Gasteiger partial charge in [-0.05, 0) is 0 Å². The standard InChI is InChI=1S/C4H9ClN2O4S/c5-2-12(10,11)7-1-3(8)4(6)9/h3,7-8H,1-2H2,(H2,6,9). The second-order valence-electron chi connectivity index (χ2n) is 1.99. The number of rotatable bonds is 5. The summed E-state index contributed by atoms with van der Waals surface area (Å²) in [5.74, 6) is -0.993. The molecule has 0 saturated carbocycles. The third kappa shape index (κ3) is 4.50. The molecule has 4 N–H and O–H groups in total. The highest BCUT2D eigenvalue weighted by Gasteiger charge is 2.14. The summed E-state index contributed by atoms with van der Waals surface area (Å²) >= 11 is 5.01.